The van der Waals surface area contributed by atoms with Gasteiger partial charge in [0.2, 0.25) is 0 Å². The molecule has 0 atom stereocenters. The Morgan fingerprint density at radius 1 is 1.05 bits per heavy atom. The second-order valence-corrected chi connectivity index (χ2v) is 5.25. The van der Waals surface area contributed by atoms with Crippen LogP contribution in [0.25, 0.3) is 0 Å². The van der Waals surface area contributed by atoms with Crippen LogP contribution < -0.4 is 10.2 Å². The Morgan fingerprint density at radius 2 is 1.76 bits per heavy atom. The van der Waals surface area contributed by atoms with E-state index in [4.69, 9.17) is 0 Å². The molecule has 0 spiro atoms. The van der Waals surface area contributed by atoms with Gasteiger partial charge in [-0.25, -0.2) is 13.8 Å². The first-order valence-electron chi connectivity index (χ1n) is 7.09. The van der Waals surface area contributed by atoms with Gasteiger partial charge < -0.3 is 10.2 Å². The summed E-state index contributed by atoms with van der Waals surface area (Å²) in [6.45, 7) is 1.76. The number of hydrogen-bond acceptors (Lipinski definition) is 3. The predicted octanol–water partition coefficient (Wildman–Crippen LogP) is 3.44. The van der Waals surface area contributed by atoms with Gasteiger partial charge in [0, 0.05) is 37.1 Å². The molecule has 0 unspecified atom stereocenters. The Bertz CT molecular complexity index is 575. The third kappa shape index (κ3) is 3.48. The first-order chi connectivity index (χ1) is 10.2. The summed E-state index contributed by atoms with van der Waals surface area (Å²) in [5.41, 5.74) is 0.504. The van der Waals surface area contributed by atoms with Crippen molar-refractivity contribution in [3.8, 4) is 0 Å². The van der Waals surface area contributed by atoms with E-state index >= 15 is 0 Å². The van der Waals surface area contributed by atoms with Crippen molar-refractivity contribution in [2.24, 2.45) is 0 Å². The molecule has 3 rings (SSSR count). The molecule has 21 heavy (non-hydrogen) atoms. The molecule has 5 heteroatoms. The fourth-order valence-electron chi connectivity index (χ4n) is 2.67. The van der Waals surface area contributed by atoms with Crippen LogP contribution in [0.2, 0.25) is 0 Å². The quantitative estimate of drug-likeness (QED) is 0.938. The SMILES string of the molecule is Fc1cc(F)cc(NC2CCN(c3ccccn3)CC2)c1. The molecular formula is C16H17F2N3. The zero-order valence-electron chi connectivity index (χ0n) is 11.6. The number of piperidine rings is 1. The summed E-state index contributed by atoms with van der Waals surface area (Å²) >= 11 is 0. The van der Waals surface area contributed by atoms with Crippen molar-refractivity contribution in [1.82, 2.24) is 4.98 Å². The molecule has 1 fully saturated rings. The molecule has 1 aliphatic heterocycles. The molecule has 2 aromatic rings. The van der Waals surface area contributed by atoms with Crippen molar-refractivity contribution >= 4 is 11.5 Å². The maximum atomic E-state index is 13.2. The standard InChI is InChI=1S/C16H17F2N3/c17-12-9-13(18)11-15(10-12)20-14-4-7-21(8-5-14)16-3-1-2-6-19-16/h1-3,6,9-11,14,20H,4-5,7-8H2. The number of anilines is 2. The van der Waals surface area contributed by atoms with Gasteiger partial charge in [0.25, 0.3) is 0 Å². The van der Waals surface area contributed by atoms with Gasteiger partial charge in [0.1, 0.15) is 17.5 Å². The van der Waals surface area contributed by atoms with E-state index in [1.54, 1.807) is 6.20 Å². The van der Waals surface area contributed by atoms with Crippen LogP contribution in [0.3, 0.4) is 0 Å². The van der Waals surface area contributed by atoms with Crippen LogP contribution in [0.1, 0.15) is 12.8 Å². The third-order valence-corrected chi connectivity index (χ3v) is 3.70. The lowest BCUT2D eigenvalue weighted by Crippen LogP contribution is -2.39. The average molecular weight is 289 g/mol. The molecule has 1 N–H and O–H groups in total. The highest BCUT2D eigenvalue weighted by molar-refractivity contribution is 5.45. The van der Waals surface area contributed by atoms with E-state index < -0.39 is 11.6 Å². The second-order valence-electron chi connectivity index (χ2n) is 5.25. The molecule has 3 nitrogen and oxygen atoms in total. The molecular weight excluding hydrogens is 272 g/mol. The summed E-state index contributed by atoms with van der Waals surface area (Å²) in [7, 11) is 0. The van der Waals surface area contributed by atoms with Crippen molar-refractivity contribution in [2.75, 3.05) is 23.3 Å². The fourth-order valence-corrected chi connectivity index (χ4v) is 2.67. The van der Waals surface area contributed by atoms with E-state index in [2.05, 4.69) is 15.2 Å². The van der Waals surface area contributed by atoms with Crippen LogP contribution in [0.15, 0.2) is 42.6 Å². The van der Waals surface area contributed by atoms with Crippen LogP contribution >= 0.6 is 0 Å². The Labute approximate surface area is 122 Å². The first kappa shape index (κ1) is 13.8. The van der Waals surface area contributed by atoms with E-state index in [0.29, 0.717) is 5.69 Å². The lowest BCUT2D eigenvalue weighted by atomic mass is 10.0. The number of rotatable bonds is 3. The highest BCUT2D eigenvalue weighted by atomic mass is 19.1. The number of benzene rings is 1. The van der Waals surface area contributed by atoms with Crippen LogP contribution in [-0.4, -0.2) is 24.1 Å². The van der Waals surface area contributed by atoms with Gasteiger partial charge in [-0.1, -0.05) is 6.07 Å². The topological polar surface area (TPSA) is 28.2 Å². The Morgan fingerprint density at radius 3 is 2.38 bits per heavy atom. The van der Waals surface area contributed by atoms with Crippen LogP contribution in [0.4, 0.5) is 20.3 Å². The Kier molecular flexibility index (Phi) is 3.99. The van der Waals surface area contributed by atoms with Gasteiger partial charge in [0.15, 0.2) is 0 Å². The van der Waals surface area contributed by atoms with Gasteiger partial charge in [0.05, 0.1) is 0 Å². The van der Waals surface area contributed by atoms with Crippen molar-refractivity contribution in [2.45, 2.75) is 18.9 Å². The zero-order chi connectivity index (χ0) is 14.7. The summed E-state index contributed by atoms with van der Waals surface area (Å²) in [6, 6.07) is 9.64. The smallest absolute Gasteiger partial charge is 0.128 e. The normalized spacial score (nSPS) is 16.0. The molecule has 0 bridgehead atoms. The predicted molar refractivity (Wildman–Crippen MR) is 79.5 cm³/mol. The molecule has 1 aromatic carbocycles. The van der Waals surface area contributed by atoms with Gasteiger partial charge in [-0.15, -0.1) is 0 Å². The van der Waals surface area contributed by atoms with E-state index in [1.165, 1.54) is 12.1 Å². The third-order valence-electron chi connectivity index (χ3n) is 3.70. The highest BCUT2D eigenvalue weighted by Gasteiger charge is 2.20. The lowest BCUT2D eigenvalue weighted by molar-refractivity contribution is 0.522. The van der Waals surface area contributed by atoms with Crippen molar-refractivity contribution in [1.29, 1.82) is 0 Å². The van der Waals surface area contributed by atoms with Crippen LogP contribution in [-0.2, 0) is 0 Å². The minimum Gasteiger partial charge on any atom is -0.382 e. The van der Waals surface area contributed by atoms with Gasteiger partial charge in [-0.2, -0.15) is 0 Å². The zero-order valence-corrected chi connectivity index (χ0v) is 11.6. The van der Waals surface area contributed by atoms with Crippen molar-refractivity contribution in [3.63, 3.8) is 0 Å². The summed E-state index contributed by atoms with van der Waals surface area (Å²) in [5, 5.41) is 3.21. The highest BCUT2D eigenvalue weighted by Crippen LogP contribution is 2.21. The monoisotopic (exact) mass is 289 g/mol. The number of nitrogens with one attached hydrogen (secondary N) is 1. The molecule has 1 saturated heterocycles. The maximum Gasteiger partial charge on any atom is 0.128 e. The molecule has 0 aliphatic carbocycles. The van der Waals surface area contributed by atoms with Gasteiger partial charge >= 0.3 is 0 Å². The molecule has 1 aromatic heterocycles. The van der Waals surface area contributed by atoms with Crippen LogP contribution in [0, 0.1) is 11.6 Å². The largest absolute Gasteiger partial charge is 0.382 e. The van der Waals surface area contributed by atoms with E-state index in [0.717, 1.165) is 37.8 Å². The van der Waals surface area contributed by atoms with E-state index in [9.17, 15) is 8.78 Å². The second kappa shape index (κ2) is 6.08. The van der Waals surface area contributed by atoms with Gasteiger partial charge in [-0.05, 0) is 37.1 Å². The molecule has 110 valence electrons. The Balaban J connectivity index is 1.58. The number of aromatic nitrogens is 1. The molecule has 0 radical (unpaired) electrons. The summed E-state index contributed by atoms with van der Waals surface area (Å²) < 4.78 is 26.3. The minimum atomic E-state index is -0.552. The molecule has 0 saturated carbocycles. The summed E-state index contributed by atoms with van der Waals surface area (Å²) in [6.07, 6.45) is 3.61. The maximum absolute atomic E-state index is 13.2. The van der Waals surface area contributed by atoms with E-state index in [-0.39, 0.29) is 6.04 Å². The molecule has 2 heterocycles. The Hall–Kier alpha value is -2.17. The summed E-state index contributed by atoms with van der Waals surface area (Å²) in [5.74, 6) is -0.125. The number of nitrogens with zero attached hydrogens (tertiary/aromatic N) is 2. The molecule has 0 amide bonds. The van der Waals surface area contributed by atoms with Crippen molar-refractivity contribution in [3.05, 3.63) is 54.2 Å². The number of hydrogen-bond donors (Lipinski definition) is 1. The number of halogens is 2. The molecule has 1 aliphatic rings. The average Bonchev–Trinajstić information content (AvgIpc) is 2.48. The van der Waals surface area contributed by atoms with Crippen LogP contribution in [0.5, 0.6) is 0 Å². The summed E-state index contributed by atoms with van der Waals surface area (Å²) in [4.78, 5) is 6.57. The number of pyridine rings is 1. The van der Waals surface area contributed by atoms with Crippen molar-refractivity contribution < 1.29 is 8.78 Å². The minimum absolute atomic E-state index is 0.228. The van der Waals surface area contributed by atoms with Gasteiger partial charge in [-0.3, -0.25) is 0 Å². The van der Waals surface area contributed by atoms with E-state index in [1.807, 2.05) is 18.2 Å². The lowest BCUT2D eigenvalue weighted by Gasteiger charge is -2.33. The fraction of sp³-hybridized carbons (Fsp3) is 0.312. The first-order valence-corrected chi connectivity index (χ1v) is 7.09.